The third-order valence-electron chi connectivity index (χ3n) is 8.30. The normalized spacial score (nSPS) is 22.3. The molecule has 1 heterocycles. The number of aliphatic hydroxyl groups excluding tert-OH is 3. The Kier molecular flexibility index (Phi) is 24.2. The van der Waals surface area contributed by atoms with E-state index in [0.29, 0.717) is 6.42 Å². The zero-order valence-electron chi connectivity index (χ0n) is 26.9. The van der Waals surface area contributed by atoms with E-state index in [1.54, 1.807) is 0 Å². The van der Waals surface area contributed by atoms with E-state index in [0.717, 1.165) is 38.5 Å². The summed E-state index contributed by atoms with van der Waals surface area (Å²) in [5.41, 5.74) is 0. The summed E-state index contributed by atoms with van der Waals surface area (Å²) in [4.78, 5) is 24.7. The molecular formula is C34H64O8. The Morgan fingerprint density at radius 2 is 0.929 bits per heavy atom. The maximum atomic E-state index is 12.5. The Morgan fingerprint density at radius 3 is 1.36 bits per heavy atom. The minimum absolute atomic E-state index is 0.199. The van der Waals surface area contributed by atoms with Crippen LogP contribution in [-0.2, 0) is 23.8 Å². The van der Waals surface area contributed by atoms with Crippen LogP contribution in [0.3, 0.4) is 0 Å². The molecule has 5 atom stereocenters. The van der Waals surface area contributed by atoms with Crippen LogP contribution in [-0.4, -0.2) is 64.6 Å². The topological polar surface area (TPSA) is 123 Å². The van der Waals surface area contributed by atoms with E-state index in [4.69, 9.17) is 14.2 Å². The third-order valence-corrected chi connectivity index (χ3v) is 8.30. The molecule has 1 aliphatic heterocycles. The summed E-state index contributed by atoms with van der Waals surface area (Å²) in [6, 6.07) is 0. The summed E-state index contributed by atoms with van der Waals surface area (Å²) >= 11 is 0. The van der Waals surface area contributed by atoms with Gasteiger partial charge in [0.25, 0.3) is 0 Å². The molecule has 1 fully saturated rings. The van der Waals surface area contributed by atoms with Crippen LogP contribution in [0.25, 0.3) is 0 Å². The molecule has 0 aliphatic carbocycles. The maximum absolute atomic E-state index is 12.5. The van der Waals surface area contributed by atoms with Gasteiger partial charge in [-0.3, -0.25) is 9.59 Å². The first kappa shape index (κ1) is 38.8. The second-order valence-corrected chi connectivity index (χ2v) is 12.3. The van der Waals surface area contributed by atoms with Crippen molar-refractivity contribution in [1.29, 1.82) is 0 Å². The zero-order chi connectivity index (χ0) is 30.8. The lowest BCUT2D eigenvalue weighted by Gasteiger charge is -2.39. The molecule has 1 rings (SSSR count). The average Bonchev–Trinajstić information content (AvgIpc) is 2.98. The van der Waals surface area contributed by atoms with Gasteiger partial charge in [-0.05, 0) is 12.8 Å². The van der Waals surface area contributed by atoms with Gasteiger partial charge in [-0.25, -0.2) is 0 Å². The zero-order valence-corrected chi connectivity index (χ0v) is 26.9. The lowest BCUT2D eigenvalue weighted by molar-refractivity contribution is -0.290. The van der Waals surface area contributed by atoms with E-state index in [2.05, 4.69) is 13.8 Å². The van der Waals surface area contributed by atoms with Gasteiger partial charge in [-0.15, -0.1) is 0 Å². The molecule has 3 N–H and O–H groups in total. The summed E-state index contributed by atoms with van der Waals surface area (Å²) < 4.78 is 16.1. The van der Waals surface area contributed by atoms with E-state index < -0.39 is 42.6 Å². The van der Waals surface area contributed by atoms with E-state index in [1.165, 1.54) is 96.3 Å². The number of unbranched alkanes of at least 4 members (excludes halogenated alkanes) is 20. The number of esters is 2. The highest BCUT2D eigenvalue weighted by atomic mass is 16.7. The van der Waals surface area contributed by atoms with Crippen LogP contribution in [0.2, 0.25) is 0 Å². The minimum atomic E-state index is -1.66. The van der Waals surface area contributed by atoms with Crippen molar-refractivity contribution >= 4 is 11.9 Å². The number of carbonyl (C=O) groups is 2. The first-order valence-electron chi connectivity index (χ1n) is 17.4. The molecule has 8 heteroatoms. The van der Waals surface area contributed by atoms with Crippen LogP contribution in [0.15, 0.2) is 0 Å². The Hall–Kier alpha value is -1.22. The van der Waals surface area contributed by atoms with Gasteiger partial charge in [0.2, 0.25) is 0 Å². The molecule has 0 aromatic rings. The minimum Gasteiger partial charge on any atom is -0.463 e. The highest BCUT2D eigenvalue weighted by Crippen LogP contribution is 2.24. The second kappa shape index (κ2) is 26.2. The number of rotatable bonds is 27. The van der Waals surface area contributed by atoms with Crippen molar-refractivity contribution < 1.29 is 39.1 Å². The number of carbonyl (C=O) groups excluding carboxylic acids is 2. The van der Waals surface area contributed by atoms with Gasteiger partial charge in [0.1, 0.15) is 24.9 Å². The van der Waals surface area contributed by atoms with Crippen molar-refractivity contribution in [3.05, 3.63) is 0 Å². The molecule has 0 aromatic carbocycles. The number of hydrogen-bond donors (Lipinski definition) is 3. The van der Waals surface area contributed by atoms with Crippen LogP contribution < -0.4 is 0 Å². The van der Waals surface area contributed by atoms with Gasteiger partial charge in [0.15, 0.2) is 12.4 Å². The SMILES string of the molecule is CCCCCCCCCCCCCC(=O)OC[C@H]1O[C@H](O)[C@H](O)[C@@H](O)[C@@H]1OC(=O)CCCCCCCCCCCCC. The fourth-order valence-electron chi connectivity index (χ4n) is 5.52. The van der Waals surface area contributed by atoms with Gasteiger partial charge in [0, 0.05) is 12.8 Å². The first-order valence-corrected chi connectivity index (χ1v) is 17.4. The van der Waals surface area contributed by atoms with Crippen LogP contribution in [0.4, 0.5) is 0 Å². The lowest BCUT2D eigenvalue weighted by atomic mass is 9.99. The largest absolute Gasteiger partial charge is 0.463 e. The van der Waals surface area contributed by atoms with Gasteiger partial charge < -0.3 is 29.5 Å². The van der Waals surface area contributed by atoms with Crippen molar-refractivity contribution in [2.24, 2.45) is 0 Å². The van der Waals surface area contributed by atoms with Crippen molar-refractivity contribution in [2.45, 2.75) is 199 Å². The van der Waals surface area contributed by atoms with Crippen LogP contribution >= 0.6 is 0 Å². The van der Waals surface area contributed by atoms with Gasteiger partial charge in [-0.2, -0.15) is 0 Å². The molecule has 248 valence electrons. The second-order valence-electron chi connectivity index (χ2n) is 12.3. The molecule has 0 radical (unpaired) electrons. The van der Waals surface area contributed by atoms with E-state index in [1.807, 2.05) is 0 Å². The van der Waals surface area contributed by atoms with Gasteiger partial charge in [-0.1, -0.05) is 142 Å². The molecule has 0 saturated carbocycles. The molecule has 1 aliphatic rings. The average molecular weight is 601 g/mol. The fraction of sp³-hybridized carbons (Fsp3) is 0.941. The van der Waals surface area contributed by atoms with Crippen LogP contribution in [0.5, 0.6) is 0 Å². The fourth-order valence-corrected chi connectivity index (χ4v) is 5.52. The maximum Gasteiger partial charge on any atom is 0.306 e. The van der Waals surface area contributed by atoms with Crippen molar-refractivity contribution in [3.8, 4) is 0 Å². The Labute approximate surface area is 256 Å². The number of aliphatic hydroxyl groups is 3. The Bertz CT molecular complexity index is 657. The lowest BCUT2D eigenvalue weighted by Crippen LogP contribution is -2.60. The van der Waals surface area contributed by atoms with Gasteiger partial charge in [0.05, 0.1) is 0 Å². The summed E-state index contributed by atoms with van der Waals surface area (Å²) in [6.07, 6.45) is 19.4. The van der Waals surface area contributed by atoms with Gasteiger partial charge >= 0.3 is 11.9 Å². The van der Waals surface area contributed by atoms with E-state index in [-0.39, 0.29) is 19.4 Å². The standard InChI is InChI=1S/C34H64O8/c1-3-5-7-9-11-13-15-17-19-21-23-25-29(35)40-27-28-33(31(37)32(38)34(39)41-28)42-30(36)26-24-22-20-18-16-14-12-10-8-6-4-2/h28,31-34,37-39H,3-27H2,1-2H3/t28-,31-,32-,33-,34+/m1/s1. The molecule has 0 amide bonds. The quantitative estimate of drug-likeness (QED) is 0.0664. The summed E-state index contributed by atoms with van der Waals surface area (Å²) in [5.74, 6) is -0.893. The number of hydrogen-bond acceptors (Lipinski definition) is 8. The summed E-state index contributed by atoms with van der Waals surface area (Å²) in [5, 5.41) is 30.5. The first-order chi connectivity index (χ1) is 20.4. The molecular weight excluding hydrogens is 536 g/mol. The van der Waals surface area contributed by atoms with Crippen LogP contribution in [0, 0.1) is 0 Å². The molecule has 8 nitrogen and oxygen atoms in total. The third kappa shape index (κ3) is 19.1. The molecule has 0 aromatic heterocycles. The molecule has 1 saturated heterocycles. The monoisotopic (exact) mass is 600 g/mol. The predicted molar refractivity (Wildman–Crippen MR) is 166 cm³/mol. The molecule has 0 bridgehead atoms. The molecule has 0 unspecified atom stereocenters. The van der Waals surface area contributed by atoms with Crippen molar-refractivity contribution in [2.75, 3.05) is 6.61 Å². The summed E-state index contributed by atoms with van der Waals surface area (Å²) in [6.45, 7) is 4.19. The predicted octanol–water partition coefficient (Wildman–Crippen LogP) is 7.28. The summed E-state index contributed by atoms with van der Waals surface area (Å²) in [7, 11) is 0. The highest BCUT2D eigenvalue weighted by molar-refractivity contribution is 5.70. The van der Waals surface area contributed by atoms with E-state index in [9.17, 15) is 24.9 Å². The Morgan fingerprint density at radius 1 is 0.548 bits per heavy atom. The van der Waals surface area contributed by atoms with Crippen molar-refractivity contribution in [3.63, 3.8) is 0 Å². The van der Waals surface area contributed by atoms with Crippen LogP contribution in [0.1, 0.15) is 168 Å². The van der Waals surface area contributed by atoms with E-state index >= 15 is 0 Å². The molecule has 42 heavy (non-hydrogen) atoms. The van der Waals surface area contributed by atoms with Crippen molar-refractivity contribution in [1.82, 2.24) is 0 Å². The number of ether oxygens (including phenoxy) is 3. The molecule has 0 spiro atoms. The smallest absolute Gasteiger partial charge is 0.306 e. The highest BCUT2D eigenvalue weighted by Gasteiger charge is 2.46. The Balaban J connectivity index is 2.23.